The molecular weight excluding hydrogens is 438 g/mol. The first kappa shape index (κ1) is 24.4. The van der Waals surface area contributed by atoms with E-state index in [4.69, 9.17) is 9.47 Å². The minimum absolute atomic E-state index is 0.0210. The van der Waals surface area contributed by atoms with Gasteiger partial charge in [0.2, 0.25) is 0 Å². The monoisotopic (exact) mass is 467 g/mol. The molecule has 0 saturated carbocycles. The van der Waals surface area contributed by atoms with E-state index in [1.807, 2.05) is 36.6 Å². The average Bonchev–Trinajstić information content (AvgIpc) is 3.16. The summed E-state index contributed by atoms with van der Waals surface area (Å²) in [6.45, 7) is 8.25. The normalized spacial score (nSPS) is 11.2. The topological polar surface area (TPSA) is 82.5 Å². The number of imidazole rings is 1. The Morgan fingerprint density at radius 2 is 1.76 bits per heavy atom. The van der Waals surface area contributed by atoms with Crippen LogP contribution >= 0.6 is 11.8 Å². The number of anilines is 1. The molecule has 33 heavy (non-hydrogen) atoms. The fourth-order valence-electron chi connectivity index (χ4n) is 3.35. The number of benzene rings is 2. The van der Waals surface area contributed by atoms with Crippen molar-refractivity contribution in [3.8, 4) is 11.4 Å². The quantitative estimate of drug-likeness (QED) is 0.374. The highest BCUT2D eigenvalue weighted by molar-refractivity contribution is 7.98. The predicted molar refractivity (Wildman–Crippen MR) is 131 cm³/mol. The van der Waals surface area contributed by atoms with Gasteiger partial charge in [-0.3, -0.25) is 9.36 Å². The molecule has 1 heterocycles. The second-order valence-electron chi connectivity index (χ2n) is 8.30. The Morgan fingerprint density at radius 3 is 2.33 bits per heavy atom. The van der Waals surface area contributed by atoms with Crippen molar-refractivity contribution in [3.63, 3.8) is 0 Å². The highest BCUT2D eigenvalue weighted by Crippen LogP contribution is 2.33. The number of para-hydroxylation sites is 2. The van der Waals surface area contributed by atoms with E-state index in [-0.39, 0.29) is 29.4 Å². The van der Waals surface area contributed by atoms with E-state index in [0.29, 0.717) is 22.2 Å². The van der Waals surface area contributed by atoms with Crippen LogP contribution in [0.2, 0.25) is 0 Å². The van der Waals surface area contributed by atoms with Crippen LogP contribution in [0, 0.1) is 0 Å². The van der Waals surface area contributed by atoms with Crippen LogP contribution in [0.3, 0.4) is 0 Å². The van der Waals surface area contributed by atoms with E-state index < -0.39 is 5.97 Å². The summed E-state index contributed by atoms with van der Waals surface area (Å²) < 4.78 is 12.4. The van der Waals surface area contributed by atoms with Gasteiger partial charge in [0.15, 0.2) is 16.7 Å². The second-order valence-corrected chi connectivity index (χ2v) is 9.08. The maximum Gasteiger partial charge on any atom is 0.359 e. The van der Waals surface area contributed by atoms with Gasteiger partial charge in [0, 0.05) is 5.56 Å². The number of hydrogen-bond donors (Lipinski definition) is 1. The van der Waals surface area contributed by atoms with Crippen LogP contribution in [0.4, 0.5) is 5.82 Å². The Labute approximate surface area is 198 Å². The van der Waals surface area contributed by atoms with Crippen molar-refractivity contribution in [3.05, 3.63) is 65.4 Å². The van der Waals surface area contributed by atoms with Crippen molar-refractivity contribution >= 4 is 29.5 Å². The van der Waals surface area contributed by atoms with E-state index in [0.717, 1.165) is 5.56 Å². The number of thioether (sulfide) groups is 1. The lowest BCUT2D eigenvalue weighted by molar-refractivity contribution is 0.0517. The fourth-order valence-corrected chi connectivity index (χ4v) is 3.91. The third-order valence-corrected chi connectivity index (χ3v) is 5.71. The van der Waals surface area contributed by atoms with Gasteiger partial charge in [0.1, 0.15) is 5.75 Å². The number of carbonyl (C=O) groups is 2. The molecule has 1 amide bonds. The maximum absolute atomic E-state index is 13.0. The molecule has 8 heteroatoms. The van der Waals surface area contributed by atoms with E-state index in [9.17, 15) is 9.59 Å². The molecular formula is C25H29N3O4S. The number of carbonyl (C=O) groups excluding carboxylic acids is 2. The Balaban J connectivity index is 2.07. The van der Waals surface area contributed by atoms with Crippen LogP contribution in [-0.4, -0.2) is 41.4 Å². The highest BCUT2D eigenvalue weighted by Gasteiger charge is 2.28. The number of ether oxygens (including phenoxy) is 2. The van der Waals surface area contributed by atoms with Crippen molar-refractivity contribution in [1.82, 2.24) is 9.55 Å². The summed E-state index contributed by atoms with van der Waals surface area (Å²) in [5, 5.41) is 3.32. The van der Waals surface area contributed by atoms with Gasteiger partial charge in [-0.05, 0) is 48.4 Å². The zero-order valence-corrected chi connectivity index (χ0v) is 20.6. The molecule has 3 rings (SSSR count). The van der Waals surface area contributed by atoms with Gasteiger partial charge < -0.3 is 14.8 Å². The van der Waals surface area contributed by atoms with E-state index in [1.165, 1.54) is 11.8 Å². The molecule has 1 aromatic heterocycles. The Bertz CT molecular complexity index is 1150. The van der Waals surface area contributed by atoms with Gasteiger partial charge in [-0.15, -0.1) is 0 Å². The van der Waals surface area contributed by atoms with Gasteiger partial charge in [-0.2, -0.15) is 0 Å². The summed E-state index contributed by atoms with van der Waals surface area (Å²) >= 11 is 1.34. The molecule has 0 spiro atoms. The molecule has 7 nitrogen and oxygen atoms in total. The molecule has 0 aliphatic heterocycles. The zero-order valence-electron chi connectivity index (χ0n) is 19.8. The summed E-state index contributed by atoms with van der Waals surface area (Å²) in [5.41, 5.74) is 2.32. The number of rotatable bonds is 7. The second kappa shape index (κ2) is 10.1. The Hall–Kier alpha value is -3.26. The third kappa shape index (κ3) is 5.22. The van der Waals surface area contributed by atoms with Crippen LogP contribution in [0.25, 0.3) is 5.69 Å². The summed E-state index contributed by atoms with van der Waals surface area (Å²) in [4.78, 5) is 30.6. The number of methoxy groups -OCH3 is 1. The van der Waals surface area contributed by atoms with Gasteiger partial charge >= 0.3 is 5.97 Å². The van der Waals surface area contributed by atoms with E-state index >= 15 is 0 Å². The summed E-state index contributed by atoms with van der Waals surface area (Å²) in [6.07, 6.45) is 1.85. The van der Waals surface area contributed by atoms with Crippen LogP contribution in [0.5, 0.6) is 5.75 Å². The summed E-state index contributed by atoms with van der Waals surface area (Å²) in [7, 11) is 1.56. The molecule has 0 saturated heterocycles. The average molecular weight is 468 g/mol. The maximum atomic E-state index is 13.0. The first-order chi connectivity index (χ1) is 15.7. The van der Waals surface area contributed by atoms with Crippen molar-refractivity contribution in [1.29, 1.82) is 0 Å². The molecule has 1 N–H and O–H groups in total. The molecule has 0 unspecified atom stereocenters. The largest absolute Gasteiger partial charge is 0.495 e. The molecule has 2 aromatic carbocycles. The molecule has 174 valence electrons. The smallest absolute Gasteiger partial charge is 0.359 e. The van der Waals surface area contributed by atoms with Crippen molar-refractivity contribution in [2.75, 3.05) is 25.3 Å². The number of aromatic nitrogens is 2. The number of esters is 1. The van der Waals surface area contributed by atoms with Crippen LogP contribution in [0.15, 0.2) is 53.7 Å². The van der Waals surface area contributed by atoms with E-state index in [2.05, 4.69) is 31.1 Å². The number of nitrogens with one attached hydrogen (secondary N) is 1. The zero-order chi connectivity index (χ0) is 24.2. The molecule has 0 bridgehead atoms. The van der Waals surface area contributed by atoms with E-state index in [1.54, 1.807) is 36.8 Å². The predicted octanol–water partition coefficient (Wildman–Crippen LogP) is 5.33. The molecule has 0 aliphatic carbocycles. The van der Waals surface area contributed by atoms with Gasteiger partial charge in [0.25, 0.3) is 5.91 Å². The standard InChI is InChI=1S/C25H29N3O4S/c1-7-32-23(30)20-21(26-22(29)16-12-14-17(15-13-16)25(2,3)4)27-24(33-6)28(20)18-10-8-9-11-19(18)31-5/h8-15H,7H2,1-6H3,(H,26,29). The highest BCUT2D eigenvalue weighted by atomic mass is 32.2. The lowest BCUT2D eigenvalue weighted by atomic mass is 9.87. The minimum atomic E-state index is -0.588. The summed E-state index contributed by atoms with van der Waals surface area (Å²) in [6, 6.07) is 14.7. The van der Waals surface area contributed by atoms with Crippen LogP contribution < -0.4 is 10.1 Å². The van der Waals surface area contributed by atoms with Crippen LogP contribution in [0.1, 0.15) is 54.1 Å². The summed E-state index contributed by atoms with van der Waals surface area (Å²) in [5.74, 6) is -0.257. The third-order valence-electron chi connectivity index (χ3n) is 5.07. The first-order valence-electron chi connectivity index (χ1n) is 10.6. The SMILES string of the molecule is CCOC(=O)c1c(NC(=O)c2ccc(C(C)(C)C)cc2)nc(SC)n1-c1ccccc1OC. The lowest BCUT2D eigenvalue weighted by Gasteiger charge is -2.19. The molecule has 0 radical (unpaired) electrons. The Morgan fingerprint density at radius 1 is 1.09 bits per heavy atom. The molecule has 0 fully saturated rings. The first-order valence-corrected chi connectivity index (χ1v) is 11.8. The van der Waals surface area contributed by atoms with Gasteiger partial charge in [0.05, 0.1) is 19.4 Å². The molecule has 0 atom stereocenters. The number of nitrogens with zero attached hydrogens (tertiary/aromatic N) is 2. The van der Waals surface area contributed by atoms with Crippen molar-refractivity contribution in [2.45, 2.75) is 38.3 Å². The van der Waals surface area contributed by atoms with Crippen molar-refractivity contribution < 1.29 is 19.1 Å². The number of hydrogen-bond acceptors (Lipinski definition) is 6. The molecule has 0 aliphatic rings. The molecule has 3 aromatic rings. The lowest BCUT2D eigenvalue weighted by Crippen LogP contribution is -2.18. The van der Waals surface area contributed by atoms with Gasteiger partial charge in [-0.1, -0.05) is 56.8 Å². The Kier molecular flexibility index (Phi) is 7.48. The number of amides is 1. The van der Waals surface area contributed by atoms with Crippen molar-refractivity contribution in [2.24, 2.45) is 0 Å². The van der Waals surface area contributed by atoms with Gasteiger partial charge in [-0.25, -0.2) is 9.78 Å². The van der Waals surface area contributed by atoms with Crippen LogP contribution in [-0.2, 0) is 10.2 Å². The fraction of sp³-hybridized carbons (Fsp3) is 0.320. The minimum Gasteiger partial charge on any atom is -0.495 e.